The van der Waals surface area contributed by atoms with Gasteiger partial charge in [-0.25, -0.2) is 0 Å². The largest absolute Gasteiger partial charge is 0.368 e. The van der Waals surface area contributed by atoms with Crippen molar-refractivity contribution in [3.63, 3.8) is 0 Å². The van der Waals surface area contributed by atoms with Gasteiger partial charge < -0.3 is 4.98 Å². The summed E-state index contributed by atoms with van der Waals surface area (Å²) in [6.07, 6.45) is 7.30. The van der Waals surface area contributed by atoms with E-state index in [1.54, 1.807) is 6.20 Å². The Morgan fingerprint density at radius 2 is 1.41 bits per heavy atom. The zero-order valence-corrected chi connectivity index (χ0v) is 9.45. The molecular formula is C15H14N2. The number of nitrogens with zero attached hydrogens (tertiary/aromatic N) is 1. The monoisotopic (exact) mass is 222 g/mol. The van der Waals surface area contributed by atoms with Gasteiger partial charge in [-0.2, -0.15) is 0 Å². The van der Waals surface area contributed by atoms with Gasteiger partial charge in [0.25, 0.3) is 0 Å². The molecule has 0 saturated carbocycles. The molecule has 0 spiro atoms. The highest BCUT2D eigenvalue weighted by Crippen LogP contribution is 2.08. The van der Waals surface area contributed by atoms with Crippen molar-refractivity contribution >= 4 is 10.8 Å². The van der Waals surface area contributed by atoms with Crippen LogP contribution in [0.4, 0.5) is 0 Å². The first kappa shape index (κ1) is 11.1. The molecular weight excluding hydrogens is 208 g/mol. The molecule has 0 aliphatic heterocycles. The van der Waals surface area contributed by atoms with Gasteiger partial charge >= 0.3 is 0 Å². The van der Waals surface area contributed by atoms with E-state index in [4.69, 9.17) is 0 Å². The fourth-order valence-electron chi connectivity index (χ4n) is 1.44. The van der Waals surface area contributed by atoms with Gasteiger partial charge in [0.2, 0.25) is 0 Å². The highest BCUT2D eigenvalue weighted by molar-refractivity contribution is 5.80. The van der Waals surface area contributed by atoms with Crippen molar-refractivity contribution in [2.24, 2.45) is 0 Å². The van der Waals surface area contributed by atoms with E-state index in [0.717, 1.165) is 10.8 Å². The van der Waals surface area contributed by atoms with Crippen LogP contribution in [0, 0.1) is 0 Å². The number of hydrogen-bond acceptors (Lipinski definition) is 1. The summed E-state index contributed by atoms with van der Waals surface area (Å²) in [5.74, 6) is 0. The van der Waals surface area contributed by atoms with Gasteiger partial charge in [-0.3, -0.25) is 4.98 Å². The summed E-state index contributed by atoms with van der Waals surface area (Å²) >= 11 is 0. The lowest BCUT2D eigenvalue weighted by Gasteiger charge is -1.89. The normalized spacial score (nSPS) is 9.18. The maximum Gasteiger partial charge on any atom is 0.0346 e. The second-order valence-corrected chi connectivity index (χ2v) is 3.49. The molecule has 2 aromatic rings. The minimum Gasteiger partial charge on any atom is -0.368 e. The Labute approximate surface area is 101 Å². The number of benzene rings is 1. The van der Waals surface area contributed by atoms with Gasteiger partial charge in [-0.05, 0) is 22.9 Å². The smallest absolute Gasteiger partial charge is 0.0346 e. The molecule has 0 atom stereocenters. The van der Waals surface area contributed by atoms with E-state index >= 15 is 0 Å². The molecule has 2 heteroatoms. The fourth-order valence-corrected chi connectivity index (χ4v) is 1.44. The van der Waals surface area contributed by atoms with Crippen LogP contribution < -0.4 is 0 Å². The summed E-state index contributed by atoms with van der Waals surface area (Å²) < 4.78 is 0. The first-order valence-corrected chi connectivity index (χ1v) is 5.50. The van der Waals surface area contributed by atoms with Crippen LogP contribution in [0.25, 0.3) is 10.8 Å². The summed E-state index contributed by atoms with van der Waals surface area (Å²) in [5.41, 5.74) is 0. The van der Waals surface area contributed by atoms with Crippen LogP contribution in [0.3, 0.4) is 0 Å². The number of rotatable bonds is 0. The van der Waals surface area contributed by atoms with Crippen LogP contribution in [-0.4, -0.2) is 9.97 Å². The Hall–Kier alpha value is -2.35. The maximum atomic E-state index is 4.23. The quantitative estimate of drug-likeness (QED) is 0.721. The lowest BCUT2D eigenvalue weighted by atomic mass is 10.2. The Bertz CT molecular complexity index is 534. The highest BCUT2D eigenvalue weighted by Gasteiger charge is 1.83. The van der Waals surface area contributed by atoms with E-state index < -0.39 is 0 Å². The van der Waals surface area contributed by atoms with Gasteiger partial charge in [-0.1, -0.05) is 42.5 Å². The first-order valence-electron chi connectivity index (χ1n) is 5.50. The topological polar surface area (TPSA) is 28.7 Å². The number of hydrogen-bond donors (Lipinski definition) is 1. The minimum absolute atomic E-state index is 1.11. The van der Waals surface area contributed by atoms with Gasteiger partial charge in [0.15, 0.2) is 0 Å². The lowest BCUT2D eigenvalue weighted by molar-refractivity contribution is 1.32. The SMILES string of the molecule is c1cc[nH]cccncc2ccccc2cc1. The van der Waals surface area contributed by atoms with E-state index in [0.29, 0.717) is 0 Å². The molecule has 1 aromatic heterocycles. The fraction of sp³-hybridized carbons (Fsp3) is 0. The molecule has 1 aromatic carbocycles. The Balaban J connectivity index is 2.67. The molecule has 0 bridgehead atoms. The van der Waals surface area contributed by atoms with Crippen LogP contribution in [0.5, 0.6) is 0 Å². The second-order valence-electron chi connectivity index (χ2n) is 3.49. The lowest BCUT2D eigenvalue weighted by Crippen LogP contribution is -1.67. The van der Waals surface area contributed by atoms with Gasteiger partial charge in [0.05, 0.1) is 0 Å². The molecule has 0 aliphatic rings. The summed E-state index contributed by atoms with van der Waals surface area (Å²) in [6, 6.07) is 18.0. The van der Waals surface area contributed by atoms with Gasteiger partial charge in [-0.15, -0.1) is 0 Å². The molecule has 0 saturated heterocycles. The summed E-state index contributed by atoms with van der Waals surface area (Å²) in [5, 5.41) is 2.27. The molecule has 0 radical (unpaired) electrons. The van der Waals surface area contributed by atoms with Crippen LogP contribution >= 0.6 is 0 Å². The van der Waals surface area contributed by atoms with E-state index in [1.165, 1.54) is 0 Å². The third-order valence-electron chi connectivity index (χ3n) is 2.26. The highest BCUT2D eigenvalue weighted by atomic mass is 14.6. The minimum atomic E-state index is 1.11. The number of nitrogens with one attached hydrogen (secondary N) is 1. The molecule has 2 rings (SSSR count). The van der Waals surface area contributed by atoms with Crippen LogP contribution in [0.1, 0.15) is 0 Å². The average molecular weight is 222 g/mol. The predicted molar refractivity (Wildman–Crippen MR) is 71.3 cm³/mol. The molecule has 0 fully saturated rings. The Morgan fingerprint density at radius 3 is 2.29 bits per heavy atom. The molecule has 2 nitrogen and oxygen atoms in total. The van der Waals surface area contributed by atoms with E-state index in [-0.39, 0.29) is 0 Å². The summed E-state index contributed by atoms with van der Waals surface area (Å²) in [4.78, 5) is 7.25. The second kappa shape index (κ2) is 6.28. The van der Waals surface area contributed by atoms with Crippen molar-refractivity contribution in [1.82, 2.24) is 9.97 Å². The number of fused-ring (bicyclic) bond motifs is 1. The number of H-pyrrole nitrogens is 1. The molecule has 1 N–H and O–H groups in total. The van der Waals surface area contributed by atoms with Crippen molar-refractivity contribution < 1.29 is 0 Å². The molecule has 17 heavy (non-hydrogen) atoms. The first-order chi connectivity index (χ1) is 8.47. The Morgan fingerprint density at radius 1 is 0.706 bits per heavy atom. The van der Waals surface area contributed by atoms with Crippen LogP contribution in [-0.2, 0) is 0 Å². The Kier molecular flexibility index (Phi) is 4.12. The summed E-state index contributed by atoms with van der Waals surface area (Å²) in [6.45, 7) is 0. The molecule has 84 valence electrons. The van der Waals surface area contributed by atoms with E-state index in [9.17, 15) is 0 Å². The van der Waals surface area contributed by atoms with Crippen molar-refractivity contribution in [3.05, 3.63) is 79.4 Å². The molecule has 1 heterocycles. The predicted octanol–water partition coefficient (Wildman–Crippen LogP) is 3.81. The third-order valence-corrected chi connectivity index (χ3v) is 2.26. The van der Waals surface area contributed by atoms with Crippen LogP contribution in [0.15, 0.2) is 79.4 Å². The molecule has 0 aliphatic carbocycles. The molecule has 0 unspecified atom stereocenters. The van der Waals surface area contributed by atoms with E-state index in [1.807, 2.05) is 55.0 Å². The van der Waals surface area contributed by atoms with Crippen molar-refractivity contribution in [2.45, 2.75) is 0 Å². The zero-order valence-electron chi connectivity index (χ0n) is 9.45. The standard InChI is InChI=1S/C15H14N2/c1-2-7-14-8-3-4-9-15(14)13-17-12-6-11-16-10-5-1/h1-13,16H. The summed E-state index contributed by atoms with van der Waals surface area (Å²) in [7, 11) is 0. The van der Waals surface area contributed by atoms with Gasteiger partial charge in [0, 0.05) is 24.8 Å². The number of aromatic amines is 1. The maximum absolute atomic E-state index is 4.23. The van der Waals surface area contributed by atoms with E-state index in [2.05, 4.69) is 28.2 Å². The molecule has 0 amide bonds. The van der Waals surface area contributed by atoms with Gasteiger partial charge in [0.1, 0.15) is 0 Å². The average Bonchev–Trinajstić information content (AvgIpc) is 2.38. The van der Waals surface area contributed by atoms with Crippen LogP contribution in [0.2, 0.25) is 0 Å². The van der Waals surface area contributed by atoms with Crippen molar-refractivity contribution in [3.8, 4) is 0 Å². The van der Waals surface area contributed by atoms with Crippen molar-refractivity contribution in [1.29, 1.82) is 0 Å². The van der Waals surface area contributed by atoms with Crippen molar-refractivity contribution in [2.75, 3.05) is 0 Å². The third kappa shape index (κ3) is 3.61. The number of aromatic nitrogens is 2. The zero-order chi connectivity index (χ0) is 11.8.